The molecule has 3 aromatic heterocycles. The van der Waals surface area contributed by atoms with Crippen molar-refractivity contribution in [2.24, 2.45) is 5.73 Å². The van der Waals surface area contributed by atoms with E-state index in [2.05, 4.69) is 4.90 Å². The molecule has 5 nitrogen and oxygen atoms in total. The molecule has 1 aliphatic heterocycles. The fourth-order valence-corrected chi connectivity index (χ4v) is 4.95. The van der Waals surface area contributed by atoms with Gasteiger partial charge in [0.1, 0.15) is 5.76 Å². The van der Waals surface area contributed by atoms with Gasteiger partial charge in [-0.25, -0.2) is 4.98 Å². The van der Waals surface area contributed by atoms with Crippen molar-refractivity contribution < 1.29 is 9.21 Å². The number of carbonyl (C=O) groups is 1. The van der Waals surface area contributed by atoms with E-state index in [-0.39, 0.29) is 5.91 Å². The van der Waals surface area contributed by atoms with E-state index in [1.165, 1.54) is 16.2 Å². The number of nitrogens with zero attached hydrogens (tertiary/aromatic N) is 2. The smallest absolute Gasteiger partial charge is 0.258 e. The maximum absolute atomic E-state index is 11.4. The number of aromatic nitrogens is 1. The zero-order valence-electron chi connectivity index (χ0n) is 13.9. The van der Waals surface area contributed by atoms with Gasteiger partial charge in [0.2, 0.25) is 5.89 Å². The van der Waals surface area contributed by atoms with Gasteiger partial charge in [-0.05, 0) is 49.9 Å². The summed E-state index contributed by atoms with van der Waals surface area (Å²) in [5.74, 6) is 1.22. The van der Waals surface area contributed by atoms with Gasteiger partial charge >= 0.3 is 0 Å². The first kappa shape index (κ1) is 16.5. The van der Waals surface area contributed by atoms with E-state index in [0.29, 0.717) is 16.8 Å². The average Bonchev–Trinajstić information content (AvgIpc) is 3.35. The Hall–Kier alpha value is -1.96. The molecule has 4 rings (SSSR count). The SMILES string of the molecule is Cc1oc(-c2cccs2)nc1CN1CCC[C@@H]1c1ccc(C(N)=O)s1. The Morgan fingerprint density at radius 1 is 1.44 bits per heavy atom. The van der Waals surface area contributed by atoms with Crippen molar-refractivity contribution >= 4 is 28.6 Å². The fourth-order valence-electron chi connectivity index (χ4n) is 3.27. The van der Waals surface area contributed by atoms with Crippen LogP contribution in [0.3, 0.4) is 0 Å². The molecule has 0 radical (unpaired) electrons. The lowest BCUT2D eigenvalue weighted by atomic mass is 10.2. The molecule has 2 N–H and O–H groups in total. The maximum Gasteiger partial charge on any atom is 0.258 e. The number of amides is 1. The van der Waals surface area contributed by atoms with Gasteiger partial charge in [-0.1, -0.05) is 6.07 Å². The molecule has 1 aliphatic rings. The molecule has 130 valence electrons. The molecular formula is C18H19N3O2S2. The van der Waals surface area contributed by atoms with Crippen LogP contribution in [-0.2, 0) is 6.54 Å². The first-order valence-electron chi connectivity index (χ1n) is 8.25. The molecule has 0 saturated carbocycles. The number of carbonyl (C=O) groups excluding carboxylic acids is 1. The van der Waals surface area contributed by atoms with Crippen LogP contribution in [-0.4, -0.2) is 22.3 Å². The van der Waals surface area contributed by atoms with E-state index < -0.39 is 0 Å². The second-order valence-electron chi connectivity index (χ2n) is 6.19. The zero-order chi connectivity index (χ0) is 17.4. The van der Waals surface area contributed by atoms with E-state index in [9.17, 15) is 4.79 Å². The van der Waals surface area contributed by atoms with Crippen LogP contribution in [0.25, 0.3) is 10.8 Å². The molecule has 0 unspecified atom stereocenters. The van der Waals surface area contributed by atoms with E-state index >= 15 is 0 Å². The summed E-state index contributed by atoms with van der Waals surface area (Å²) in [6.45, 7) is 3.76. The quantitative estimate of drug-likeness (QED) is 0.727. The molecule has 25 heavy (non-hydrogen) atoms. The highest BCUT2D eigenvalue weighted by atomic mass is 32.1. The van der Waals surface area contributed by atoms with Crippen molar-refractivity contribution in [3.05, 3.63) is 50.9 Å². The van der Waals surface area contributed by atoms with Crippen molar-refractivity contribution in [3.8, 4) is 10.8 Å². The van der Waals surface area contributed by atoms with Gasteiger partial charge in [0.25, 0.3) is 5.91 Å². The van der Waals surface area contributed by atoms with Crippen molar-refractivity contribution in [3.63, 3.8) is 0 Å². The Bertz CT molecular complexity index is 882. The van der Waals surface area contributed by atoms with Gasteiger partial charge in [0.05, 0.1) is 15.4 Å². The molecule has 7 heteroatoms. The minimum absolute atomic E-state index is 0.319. The third-order valence-electron chi connectivity index (χ3n) is 4.54. The second kappa shape index (κ2) is 6.74. The molecular weight excluding hydrogens is 354 g/mol. The predicted molar refractivity (Wildman–Crippen MR) is 99.8 cm³/mol. The number of nitrogens with two attached hydrogens (primary N) is 1. The highest BCUT2D eigenvalue weighted by Gasteiger charge is 2.29. The van der Waals surface area contributed by atoms with Crippen molar-refractivity contribution in [1.82, 2.24) is 9.88 Å². The highest BCUT2D eigenvalue weighted by Crippen LogP contribution is 2.37. The lowest BCUT2D eigenvalue weighted by Gasteiger charge is -2.22. The summed E-state index contributed by atoms with van der Waals surface area (Å²) in [4.78, 5) is 21.4. The topological polar surface area (TPSA) is 72.4 Å². The van der Waals surface area contributed by atoms with Crippen LogP contribution in [0.15, 0.2) is 34.1 Å². The number of hydrogen-bond acceptors (Lipinski definition) is 6. The lowest BCUT2D eigenvalue weighted by Crippen LogP contribution is -2.22. The zero-order valence-corrected chi connectivity index (χ0v) is 15.5. The molecule has 0 spiro atoms. The molecule has 1 saturated heterocycles. The molecule has 1 amide bonds. The molecule has 0 aliphatic carbocycles. The van der Waals surface area contributed by atoms with Crippen LogP contribution in [0, 0.1) is 6.92 Å². The number of thiophene rings is 2. The van der Waals surface area contributed by atoms with Crippen LogP contribution >= 0.6 is 22.7 Å². The monoisotopic (exact) mass is 373 g/mol. The van der Waals surface area contributed by atoms with Crippen LogP contribution < -0.4 is 5.73 Å². The Morgan fingerprint density at radius 3 is 3.04 bits per heavy atom. The van der Waals surface area contributed by atoms with E-state index in [1.807, 2.05) is 36.6 Å². The summed E-state index contributed by atoms with van der Waals surface area (Å²) >= 11 is 3.13. The normalized spacial score (nSPS) is 18.0. The predicted octanol–water partition coefficient (Wildman–Crippen LogP) is 4.21. The van der Waals surface area contributed by atoms with Crippen LogP contribution in [0.5, 0.6) is 0 Å². The van der Waals surface area contributed by atoms with Crippen LogP contribution in [0.1, 0.15) is 44.9 Å². The van der Waals surface area contributed by atoms with Crippen molar-refractivity contribution in [2.45, 2.75) is 32.4 Å². The van der Waals surface area contributed by atoms with E-state index in [4.69, 9.17) is 15.1 Å². The number of rotatable bonds is 5. The Kier molecular flexibility index (Phi) is 4.45. The minimum atomic E-state index is -0.353. The largest absolute Gasteiger partial charge is 0.440 e. The van der Waals surface area contributed by atoms with Gasteiger partial charge in [0, 0.05) is 17.5 Å². The Morgan fingerprint density at radius 2 is 2.32 bits per heavy atom. The summed E-state index contributed by atoms with van der Waals surface area (Å²) in [7, 11) is 0. The van der Waals surface area contributed by atoms with Gasteiger partial charge in [-0.3, -0.25) is 9.69 Å². The molecule has 4 heterocycles. The summed E-state index contributed by atoms with van der Waals surface area (Å²) < 4.78 is 5.86. The standard InChI is InChI=1S/C18H19N3O2S2/c1-11-12(20-18(23-11)16-5-3-9-24-16)10-21-8-2-4-13(21)14-6-7-15(25-14)17(19)22/h3,5-7,9,13H,2,4,8,10H2,1H3,(H2,19,22)/t13-/m1/s1. The molecule has 0 aromatic carbocycles. The summed E-state index contributed by atoms with van der Waals surface area (Å²) in [6.07, 6.45) is 2.23. The maximum atomic E-state index is 11.4. The van der Waals surface area contributed by atoms with Gasteiger partial charge in [-0.15, -0.1) is 22.7 Å². The summed E-state index contributed by atoms with van der Waals surface area (Å²) in [6, 6.07) is 8.20. The second-order valence-corrected chi connectivity index (χ2v) is 8.26. The summed E-state index contributed by atoms with van der Waals surface area (Å²) in [5, 5.41) is 2.03. The number of aryl methyl sites for hydroxylation is 1. The molecule has 3 aromatic rings. The summed E-state index contributed by atoms with van der Waals surface area (Å²) in [5.41, 5.74) is 6.38. The Balaban J connectivity index is 1.54. The number of oxazole rings is 1. The first-order valence-corrected chi connectivity index (χ1v) is 9.95. The van der Waals surface area contributed by atoms with Crippen LogP contribution in [0.2, 0.25) is 0 Å². The van der Waals surface area contributed by atoms with Crippen molar-refractivity contribution in [2.75, 3.05) is 6.54 Å². The number of likely N-dealkylation sites (tertiary alicyclic amines) is 1. The van der Waals surface area contributed by atoms with Gasteiger partial charge in [0.15, 0.2) is 0 Å². The minimum Gasteiger partial charge on any atom is -0.440 e. The molecule has 1 atom stereocenters. The average molecular weight is 374 g/mol. The van der Waals surface area contributed by atoms with Gasteiger partial charge < -0.3 is 10.2 Å². The molecule has 1 fully saturated rings. The molecule has 0 bridgehead atoms. The Labute approximate surface area is 154 Å². The third kappa shape index (κ3) is 3.27. The number of primary amides is 1. The third-order valence-corrected chi connectivity index (χ3v) is 6.60. The van der Waals surface area contributed by atoms with E-state index in [0.717, 1.165) is 42.3 Å². The number of hydrogen-bond donors (Lipinski definition) is 1. The van der Waals surface area contributed by atoms with Crippen LogP contribution in [0.4, 0.5) is 0 Å². The fraction of sp³-hybridized carbons (Fsp3) is 0.333. The lowest BCUT2D eigenvalue weighted by molar-refractivity contribution is 0.100. The van der Waals surface area contributed by atoms with E-state index in [1.54, 1.807) is 11.3 Å². The van der Waals surface area contributed by atoms with Gasteiger partial charge in [-0.2, -0.15) is 0 Å². The first-order chi connectivity index (χ1) is 12.1. The van der Waals surface area contributed by atoms with Crippen molar-refractivity contribution in [1.29, 1.82) is 0 Å². The highest BCUT2D eigenvalue weighted by molar-refractivity contribution is 7.14.